The number of amides is 2. The molecule has 10 heteroatoms. The van der Waals surface area contributed by atoms with Crippen LogP contribution in [0.15, 0.2) is 30.6 Å². The molecular formula is C36H47ClN6O3. The van der Waals surface area contributed by atoms with Crippen molar-refractivity contribution in [3.63, 3.8) is 0 Å². The molecule has 1 aliphatic carbocycles. The molecule has 0 bridgehead atoms. The lowest BCUT2D eigenvalue weighted by Gasteiger charge is -2.48. The molecule has 1 spiro atoms. The van der Waals surface area contributed by atoms with E-state index in [2.05, 4.69) is 51.4 Å². The quantitative estimate of drug-likeness (QED) is 0.270. The number of piperidine rings is 2. The number of carbonyl (C=O) groups excluding carboxylic acids is 2. The summed E-state index contributed by atoms with van der Waals surface area (Å²) in [6, 6.07) is 9.33. The number of carbonyl (C=O) groups is 2. The topological polar surface area (TPSA) is 83.8 Å². The summed E-state index contributed by atoms with van der Waals surface area (Å²) in [6.07, 6.45) is 9.52. The second-order valence-corrected chi connectivity index (χ2v) is 15.3. The van der Waals surface area contributed by atoms with E-state index >= 15 is 0 Å². The van der Waals surface area contributed by atoms with Gasteiger partial charge in [0.25, 0.3) is 0 Å². The molecule has 1 atom stereocenters. The molecule has 1 saturated carbocycles. The molecule has 2 aromatic heterocycles. The molecule has 9 nitrogen and oxygen atoms in total. The van der Waals surface area contributed by atoms with E-state index in [1.807, 2.05) is 33.2 Å². The van der Waals surface area contributed by atoms with Gasteiger partial charge in [0.05, 0.1) is 23.0 Å². The van der Waals surface area contributed by atoms with Crippen LogP contribution in [0.2, 0.25) is 5.15 Å². The highest BCUT2D eigenvalue weighted by Crippen LogP contribution is 2.52. The Bertz CT molecular complexity index is 1640. The molecule has 2 amide bonds. The summed E-state index contributed by atoms with van der Waals surface area (Å²) in [7, 11) is 0. The third-order valence-corrected chi connectivity index (χ3v) is 11.2. The maximum absolute atomic E-state index is 14.7. The van der Waals surface area contributed by atoms with Gasteiger partial charge in [-0.25, -0.2) is 14.8 Å². The first-order valence-corrected chi connectivity index (χ1v) is 17.6. The number of likely N-dealkylation sites (tertiary alicyclic amines) is 2. The van der Waals surface area contributed by atoms with Crippen LogP contribution in [-0.4, -0.2) is 80.2 Å². The van der Waals surface area contributed by atoms with Gasteiger partial charge in [-0.05, 0) is 103 Å². The SMILES string of the molecule is CC[C@H](C)n1cnc2cc(-c3ccc4c(c3)N(C3CC(N5CCCCC5)C3)C(=O)C43CCN(C(=O)OC(C)(C)C)CC3)nc(Cl)c21. The third kappa shape index (κ3) is 5.37. The lowest BCUT2D eigenvalue weighted by Crippen LogP contribution is -2.58. The largest absolute Gasteiger partial charge is 0.444 e. The zero-order valence-corrected chi connectivity index (χ0v) is 28.6. The summed E-state index contributed by atoms with van der Waals surface area (Å²) in [5, 5.41) is 0.438. The maximum Gasteiger partial charge on any atom is 0.410 e. The summed E-state index contributed by atoms with van der Waals surface area (Å²) >= 11 is 6.81. The molecule has 46 heavy (non-hydrogen) atoms. The average molecular weight is 647 g/mol. The fourth-order valence-electron chi connectivity index (χ4n) is 8.04. The van der Waals surface area contributed by atoms with E-state index in [0.717, 1.165) is 65.9 Å². The molecule has 5 heterocycles. The number of halogens is 1. The Kier molecular flexibility index (Phi) is 8.07. The van der Waals surface area contributed by atoms with E-state index in [-0.39, 0.29) is 24.1 Å². The van der Waals surface area contributed by atoms with Gasteiger partial charge >= 0.3 is 6.09 Å². The number of anilines is 1. The molecule has 0 radical (unpaired) electrons. The van der Waals surface area contributed by atoms with Crippen LogP contribution >= 0.6 is 11.6 Å². The van der Waals surface area contributed by atoms with Crippen molar-refractivity contribution in [2.75, 3.05) is 31.1 Å². The monoisotopic (exact) mass is 646 g/mol. The van der Waals surface area contributed by atoms with Gasteiger partial charge in [-0.3, -0.25) is 4.79 Å². The molecule has 0 unspecified atom stereocenters. The van der Waals surface area contributed by atoms with E-state index in [4.69, 9.17) is 21.3 Å². The normalized spacial score (nSPS) is 23.9. The number of hydrogen-bond donors (Lipinski definition) is 0. The van der Waals surface area contributed by atoms with Crippen molar-refractivity contribution in [2.45, 2.75) is 115 Å². The number of ether oxygens (including phenoxy) is 1. The summed E-state index contributed by atoms with van der Waals surface area (Å²) < 4.78 is 7.77. The number of pyridine rings is 1. The summed E-state index contributed by atoms with van der Waals surface area (Å²) in [5.74, 6) is 0.180. The Labute approximate surface area is 277 Å². The number of rotatable bonds is 5. The van der Waals surface area contributed by atoms with E-state index < -0.39 is 11.0 Å². The van der Waals surface area contributed by atoms with Crippen molar-refractivity contribution >= 4 is 40.3 Å². The Morgan fingerprint density at radius 2 is 1.78 bits per heavy atom. The van der Waals surface area contributed by atoms with Crippen molar-refractivity contribution in [1.29, 1.82) is 0 Å². The van der Waals surface area contributed by atoms with Crippen LogP contribution in [0, 0.1) is 0 Å². The maximum atomic E-state index is 14.7. The van der Waals surface area contributed by atoms with Crippen molar-refractivity contribution in [1.82, 2.24) is 24.3 Å². The Morgan fingerprint density at radius 1 is 1.07 bits per heavy atom. The lowest BCUT2D eigenvalue weighted by molar-refractivity contribution is -0.126. The van der Waals surface area contributed by atoms with Gasteiger partial charge in [0, 0.05) is 42.5 Å². The smallest absolute Gasteiger partial charge is 0.410 e. The zero-order valence-electron chi connectivity index (χ0n) is 27.9. The number of imidazole rings is 1. The van der Waals surface area contributed by atoms with Crippen LogP contribution in [0.4, 0.5) is 10.5 Å². The van der Waals surface area contributed by atoms with E-state index in [1.165, 1.54) is 19.3 Å². The molecule has 246 valence electrons. The fourth-order valence-corrected chi connectivity index (χ4v) is 8.32. The predicted molar refractivity (Wildman–Crippen MR) is 181 cm³/mol. The molecule has 7 rings (SSSR count). The summed E-state index contributed by atoms with van der Waals surface area (Å²) in [5.41, 5.74) is 4.20. The van der Waals surface area contributed by atoms with Crippen molar-refractivity contribution in [2.24, 2.45) is 0 Å². The molecule has 3 aromatic rings. The molecule has 3 aliphatic heterocycles. The number of fused-ring (bicyclic) bond motifs is 3. The number of benzene rings is 1. The highest BCUT2D eigenvalue weighted by molar-refractivity contribution is 6.34. The van der Waals surface area contributed by atoms with Crippen LogP contribution in [0.25, 0.3) is 22.3 Å². The van der Waals surface area contributed by atoms with Crippen molar-refractivity contribution in [3.05, 3.63) is 41.3 Å². The highest BCUT2D eigenvalue weighted by Gasteiger charge is 2.56. The minimum atomic E-state index is -0.646. The Hall–Kier alpha value is -3.17. The van der Waals surface area contributed by atoms with Crippen LogP contribution in [0.1, 0.15) is 97.6 Å². The minimum absolute atomic E-state index is 0.168. The standard InChI is InChI=1S/C36H47ClN6O3/c1-6-23(2)42-22-38-29-21-28(39-32(37)31(29)42)24-10-11-27-30(18-24)43(26-19-25(20-26)40-14-8-7-9-15-40)33(44)36(27)12-16-41(17-13-36)34(45)46-35(3,4)5/h10-11,18,21-23,25-26H,6-9,12-17,19-20H2,1-5H3/t23-,25?,26?/m0/s1. The first-order chi connectivity index (χ1) is 22.0. The summed E-state index contributed by atoms with van der Waals surface area (Å²) in [4.78, 5) is 43.6. The van der Waals surface area contributed by atoms with Crippen LogP contribution in [0.5, 0.6) is 0 Å². The van der Waals surface area contributed by atoms with Gasteiger partial charge in [-0.1, -0.05) is 37.1 Å². The number of aromatic nitrogens is 3. The van der Waals surface area contributed by atoms with Gasteiger partial charge in [-0.15, -0.1) is 0 Å². The van der Waals surface area contributed by atoms with Crippen LogP contribution < -0.4 is 4.90 Å². The first kappa shape index (κ1) is 31.4. The Morgan fingerprint density at radius 3 is 2.46 bits per heavy atom. The highest BCUT2D eigenvalue weighted by atomic mass is 35.5. The predicted octanol–water partition coefficient (Wildman–Crippen LogP) is 7.35. The fraction of sp³-hybridized carbons (Fsp3) is 0.611. The first-order valence-electron chi connectivity index (χ1n) is 17.2. The van der Waals surface area contributed by atoms with E-state index in [9.17, 15) is 9.59 Å². The van der Waals surface area contributed by atoms with Crippen molar-refractivity contribution in [3.8, 4) is 11.3 Å². The zero-order chi connectivity index (χ0) is 32.4. The molecular weight excluding hydrogens is 600 g/mol. The van der Waals surface area contributed by atoms with Crippen LogP contribution in [0.3, 0.4) is 0 Å². The number of nitrogens with zero attached hydrogens (tertiary/aromatic N) is 6. The van der Waals surface area contributed by atoms with E-state index in [1.54, 1.807) is 4.90 Å². The molecule has 3 fully saturated rings. The van der Waals surface area contributed by atoms with Gasteiger partial charge < -0.3 is 24.0 Å². The van der Waals surface area contributed by atoms with Gasteiger partial charge in [-0.2, -0.15) is 0 Å². The molecule has 1 aromatic carbocycles. The van der Waals surface area contributed by atoms with Crippen molar-refractivity contribution < 1.29 is 14.3 Å². The molecule has 2 saturated heterocycles. The second kappa shape index (κ2) is 11.8. The second-order valence-electron chi connectivity index (χ2n) is 14.9. The third-order valence-electron chi connectivity index (χ3n) is 10.9. The number of hydrogen-bond acceptors (Lipinski definition) is 6. The lowest BCUT2D eigenvalue weighted by atomic mass is 9.73. The van der Waals surface area contributed by atoms with Gasteiger partial charge in [0.2, 0.25) is 5.91 Å². The Balaban J connectivity index is 1.22. The molecule has 0 N–H and O–H groups in total. The van der Waals surface area contributed by atoms with Gasteiger partial charge in [0.1, 0.15) is 11.1 Å². The summed E-state index contributed by atoms with van der Waals surface area (Å²) in [6.45, 7) is 13.3. The molecule has 4 aliphatic rings. The van der Waals surface area contributed by atoms with Crippen LogP contribution in [-0.2, 0) is 14.9 Å². The van der Waals surface area contributed by atoms with E-state index in [0.29, 0.717) is 37.1 Å². The van der Waals surface area contributed by atoms with Gasteiger partial charge in [0.15, 0.2) is 5.15 Å². The average Bonchev–Trinajstić information content (AvgIpc) is 3.54. The minimum Gasteiger partial charge on any atom is -0.444 e.